The Kier molecular flexibility index (Phi) is 5.63. The number of halogens is 3. The van der Waals surface area contributed by atoms with E-state index >= 15 is 0 Å². The molecule has 0 aromatic heterocycles. The van der Waals surface area contributed by atoms with Gasteiger partial charge in [-0.25, -0.2) is 4.39 Å². The van der Waals surface area contributed by atoms with Gasteiger partial charge in [0.15, 0.2) is 0 Å². The smallest absolute Gasteiger partial charge is 0.142 e. The van der Waals surface area contributed by atoms with E-state index in [0.717, 1.165) is 18.5 Å². The third-order valence-corrected chi connectivity index (χ3v) is 4.34. The fourth-order valence-electron chi connectivity index (χ4n) is 2.17. The van der Waals surface area contributed by atoms with Gasteiger partial charge >= 0.3 is 0 Å². The minimum atomic E-state index is -0.359. The maximum absolute atomic E-state index is 13.5. The lowest BCUT2D eigenvalue weighted by Crippen LogP contribution is -2.40. The number of hydrogen-bond donors (Lipinski definition) is 1. The predicted molar refractivity (Wildman–Crippen MR) is 95.2 cm³/mol. The first-order chi connectivity index (χ1) is 9.85. The fourth-order valence-corrected chi connectivity index (χ4v) is 2.64. The Labute approximate surface area is 144 Å². The zero-order valence-electron chi connectivity index (χ0n) is 12.1. The lowest BCUT2D eigenvalue weighted by Gasteiger charge is -2.27. The van der Waals surface area contributed by atoms with Crippen LogP contribution in [-0.4, -0.2) is 5.54 Å². The molecule has 4 heteroatoms. The second-order valence-electron chi connectivity index (χ2n) is 5.79. The Morgan fingerprint density at radius 3 is 2.33 bits per heavy atom. The van der Waals surface area contributed by atoms with Gasteiger partial charge in [0, 0.05) is 15.7 Å². The van der Waals surface area contributed by atoms with Crippen LogP contribution in [0.25, 0.3) is 0 Å². The molecule has 0 fully saturated rings. The predicted octanol–water partition coefficient (Wildman–Crippen LogP) is 5.19. The molecule has 0 amide bonds. The van der Waals surface area contributed by atoms with Gasteiger partial charge in [0.05, 0.1) is 5.02 Å². The summed E-state index contributed by atoms with van der Waals surface area (Å²) >= 11 is 8.01. The van der Waals surface area contributed by atoms with Crippen LogP contribution in [0.1, 0.15) is 25.0 Å². The first-order valence-corrected chi connectivity index (χ1v) is 8.25. The maximum Gasteiger partial charge on any atom is 0.142 e. The van der Waals surface area contributed by atoms with Gasteiger partial charge in [-0.2, -0.15) is 0 Å². The molecule has 1 N–H and O–H groups in total. The lowest BCUT2D eigenvalue weighted by atomic mass is 9.94. The molecule has 112 valence electrons. The van der Waals surface area contributed by atoms with Crippen molar-refractivity contribution >= 4 is 34.2 Å². The van der Waals surface area contributed by atoms with E-state index in [9.17, 15) is 4.39 Å². The molecule has 2 aromatic rings. The van der Waals surface area contributed by atoms with Crippen molar-refractivity contribution in [3.63, 3.8) is 0 Å². The summed E-state index contributed by atoms with van der Waals surface area (Å²) in [6.45, 7) is 5.03. The summed E-state index contributed by atoms with van der Waals surface area (Å²) in [4.78, 5) is 0. The SMILES string of the molecule is CC(C)(Cc1ccc(Cl)c(F)c1)NCc1ccc(I)cc1. The minimum Gasteiger partial charge on any atom is -0.307 e. The van der Waals surface area contributed by atoms with E-state index in [1.165, 1.54) is 15.2 Å². The zero-order valence-corrected chi connectivity index (χ0v) is 15.0. The van der Waals surface area contributed by atoms with Crippen LogP contribution in [0.15, 0.2) is 42.5 Å². The van der Waals surface area contributed by atoms with Crippen molar-refractivity contribution < 1.29 is 4.39 Å². The monoisotopic (exact) mass is 417 g/mol. The molecule has 1 nitrogen and oxygen atoms in total. The molecule has 0 atom stereocenters. The topological polar surface area (TPSA) is 12.0 Å². The van der Waals surface area contributed by atoms with E-state index in [1.807, 2.05) is 6.07 Å². The van der Waals surface area contributed by atoms with E-state index < -0.39 is 0 Å². The second-order valence-corrected chi connectivity index (χ2v) is 7.44. The van der Waals surface area contributed by atoms with Crippen LogP contribution in [0.2, 0.25) is 5.02 Å². The Bertz CT molecular complexity index is 611. The molecule has 0 unspecified atom stereocenters. The number of benzene rings is 2. The molecule has 0 radical (unpaired) electrons. The third-order valence-electron chi connectivity index (χ3n) is 3.31. The second kappa shape index (κ2) is 7.07. The highest BCUT2D eigenvalue weighted by molar-refractivity contribution is 14.1. The Balaban J connectivity index is 1.97. The largest absolute Gasteiger partial charge is 0.307 e. The molecule has 0 aliphatic carbocycles. The lowest BCUT2D eigenvalue weighted by molar-refractivity contribution is 0.383. The van der Waals surface area contributed by atoms with E-state index in [4.69, 9.17) is 11.6 Å². The fraction of sp³-hybridized carbons (Fsp3) is 0.294. The summed E-state index contributed by atoms with van der Waals surface area (Å²) in [7, 11) is 0. The average Bonchev–Trinajstić information content (AvgIpc) is 2.42. The van der Waals surface area contributed by atoms with Gasteiger partial charge in [-0.1, -0.05) is 29.8 Å². The van der Waals surface area contributed by atoms with Gasteiger partial charge in [-0.15, -0.1) is 0 Å². The summed E-state index contributed by atoms with van der Waals surface area (Å²) in [5.74, 6) is -0.359. The van der Waals surface area contributed by atoms with Crippen LogP contribution in [0.5, 0.6) is 0 Å². The van der Waals surface area contributed by atoms with Gasteiger partial charge in [0.1, 0.15) is 5.82 Å². The van der Waals surface area contributed by atoms with Crippen molar-refractivity contribution in [1.29, 1.82) is 0 Å². The molecule has 0 saturated heterocycles. The summed E-state index contributed by atoms with van der Waals surface area (Å²) in [6, 6.07) is 13.4. The van der Waals surface area contributed by atoms with E-state index in [2.05, 4.69) is 66.0 Å². The molecule has 0 aliphatic heterocycles. The zero-order chi connectivity index (χ0) is 15.5. The molecule has 0 saturated carbocycles. The molecule has 2 aromatic carbocycles. The van der Waals surface area contributed by atoms with Crippen LogP contribution in [0, 0.1) is 9.39 Å². The van der Waals surface area contributed by atoms with E-state index in [-0.39, 0.29) is 16.4 Å². The van der Waals surface area contributed by atoms with Gasteiger partial charge in [0.2, 0.25) is 0 Å². The molecular formula is C17H18ClFIN. The van der Waals surface area contributed by atoms with Crippen molar-refractivity contribution in [2.45, 2.75) is 32.4 Å². The van der Waals surface area contributed by atoms with Gasteiger partial charge in [0.25, 0.3) is 0 Å². The summed E-state index contributed by atoms with van der Waals surface area (Å²) < 4.78 is 14.7. The molecular weight excluding hydrogens is 400 g/mol. The van der Waals surface area contributed by atoms with Crippen LogP contribution in [0.4, 0.5) is 4.39 Å². The molecule has 21 heavy (non-hydrogen) atoms. The quantitative estimate of drug-likeness (QED) is 0.660. The molecule has 0 bridgehead atoms. The standard InChI is InChI=1S/C17H18ClFIN/c1-17(2,10-13-5-8-15(18)16(19)9-13)21-11-12-3-6-14(20)7-4-12/h3-9,21H,10-11H2,1-2H3. The van der Waals surface area contributed by atoms with Crippen LogP contribution >= 0.6 is 34.2 Å². The molecule has 2 rings (SSSR count). The molecule has 0 spiro atoms. The number of nitrogens with one attached hydrogen (secondary N) is 1. The Morgan fingerprint density at radius 1 is 1.10 bits per heavy atom. The van der Waals surface area contributed by atoms with Crippen molar-refractivity contribution in [2.75, 3.05) is 0 Å². The average molecular weight is 418 g/mol. The minimum absolute atomic E-state index is 0.122. The normalized spacial score (nSPS) is 11.7. The highest BCUT2D eigenvalue weighted by atomic mass is 127. The van der Waals surface area contributed by atoms with Gasteiger partial charge < -0.3 is 5.32 Å². The first-order valence-electron chi connectivity index (χ1n) is 6.79. The Morgan fingerprint density at radius 2 is 1.71 bits per heavy atom. The third kappa shape index (κ3) is 5.24. The highest BCUT2D eigenvalue weighted by Gasteiger charge is 2.18. The number of hydrogen-bond acceptors (Lipinski definition) is 1. The summed E-state index contributed by atoms with van der Waals surface area (Å²) in [5.41, 5.74) is 2.06. The van der Waals surface area contributed by atoms with Crippen LogP contribution < -0.4 is 5.32 Å². The highest BCUT2D eigenvalue weighted by Crippen LogP contribution is 2.19. The summed E-state index contributed by atoms with van der Waals surface area (Å²) in [6.07, 6.45) is 0.742. The maximum atomic E-state index is 13.5. The van der Waals surface area contributed by atoms with Gasteiger partial charge in [-0.05, 0) is 78.3 Å². The number of rotatable bonds is 5. The summed E-state index contributed by atoms with van der Waals surface area (Å²) in [5, 5.41) is 3.69. The molecule has 0 heterocycles. The first kappa shape index (κ1) is 16.7. The van der Waals surface area contributed by atoms with E-state index in [0.29, 0.717) is 0 Å². The van der Waals surface area contributed by atoms with Gasteiger partial charge in [-0.3, -0.25) is 0 Å². The van der Waals surface area contributed by atoms with Crippen LogP contribution in [-0.2, 0) is 13.0 Å². The van der Waals surface area contributed by atoms with Crippen molar-refractivity contribution in [3.05, 3.63) is 68.0 Å². The Hall–Kier alpha value is -0.650. The molecule has 0 aliphatic rings. The van der Waals surface area contributed by atoms with Crippen molar-refractivity contribution in [1.82, 2.24) is 5.32 Å². The van der Waals surface area contributed by atoms with Crippen LogP contribution in [0.3, 0.4) is 0 Å². The van der Waals surface area contributed by atoms with Crippen molar-refractivity contribution in [3.8, 4) is 0 Å². The van der Waals surface area contributed by atoms with E-state index in [1.54, 1.807) is 6.07 Å². The van der Waals surface area contributed by atoms with Crippen molar-refractivity contribution in [2.24, 2.45) is 0 Å².